The zero-order valence-electron chi connectivity index (χ0n) is 15.4. The summed E-state index contributed by atoms with van der Waals surface area (Å²) in [5.74, 6) is 0.101. The largest absolute Gasteiger partial charge is 0.339 e. The van der Waals surface area contributed by atoms with E-state index in [0.717, 1.165) is 40.6 Å². The summed E-state index contributed by atoms with van der Waals surface area (Å²) < 4.78 is 0. The van der Waals surface area contributed by atoms with Crippen LogP contribution in [0, 0.1) is 6.92 Å². The first-order valence-corrected chi connectivity index (χ1v) is 9.37. The highest BCUT2D eigenvalue weighted by molar-refractivity contribution is 6.07. The van der Waals surface area contributed by atoms with E-state index in [0.29, 0.717) is 6.04 Å². The normalized spacial score (nSPS) is 14.7. The van der Waals surface area contributed by atoms with E-state index in [1.807, 2.05) is 42.3 Å². The summed E-state index contributed by atoms with van der Waals surface area (Å²) in [4.78, 5) is 20.0. The molecule has 1 heterocycles. The fourth-order valence-corrected chi connectivity index (χ4v) is 3.87. The molecule has 4 rings (SSSR count). The van der Waals surface area contributed by atoms with Crippen LogP contribution in [0.4, 0.5) is 0 Å². The van der Waals surface area contributed by atoms with E-state index in [-0.39, 0.29) is 5.91 Å². The Morgan fingerprint density at radius 2 is 1.73 bits per heavy atom. The number of aromatic nitrogens is 1. The smallest absolute Gasteiger partial charge is 0.254 e. The highest BCUT2D eigenvalue weighted by Crippen LogP contribution is 2.28. The molecule has 1 aromatic heterocycles. The molecular weight excluding hydrogens is 320 g/mol. The lowest BCUT2D eigenvalue weighted by atomic mass is 10.0. The van der Waals surface area contributed by atoms with Crippen LogP contribution in [0.2, 0.25) is 0 Å². The molecule has 0 unspecified atom stereocenters. The Kier molecular flexibility index (Phi) is 4.46. The zero-order chi connectivity index (χ0) is 18.1. The van der Waals surface area contributed by atoms with Crippen molar-refractivity contribution in [3.63, 3.8) is 0 Å². The molecule has 0 atom stereocenters. The van der Waals surface area contributed by atoms with E-state index in [9.17, 15) is 4.79 Å². The van der Waals surface area contributed by atoms with Gasteiger partial charge in [0.15, 0.2) is 0 Å². The van der Waals surface area contributed by atoms with Gasteiger partial charge >= 0.3 is 0 Å². The minimum absolute atomic E-state index is 0.101. The van der Waals surface area contributed by atoms with Crippen LogP contribution in [0.1, 0.15) is 41.6 Å². The van der Waals surface area contributed by atoms with Crippen molar-refractivity contribution in [3.8, 4) is 11.3 Å². The van der Waals surface area contributed by atoms with Crippen LogP contribution in [0.3, 0.4) is 0 Å². The fraction of sp³-hybridized carbons (Fsp3) is 0.304. The molecular formula is C23H24N2O. The van der Waals surface area contributed by atoms with E-state index in [4.69, 9.17) is 4.98 Å². The van der Waals surface area contributed by atoms with Gasteiger partial charge in [-0.1, -0.05) is 60.9 Å². The van der Waals surface area contributed by atoms with Crippen molar-refractivity contribution < 1.29 is 4.79 Å². The van der Waals surface area contributed by atoms with E-state index >= 15 is 0 Å². The van der Waals surface area contributed by atoms with Gasteiger partial charge in [-0.3, -0.25) is 4.79 Å². The number of para-hydroxylation sites is 1. The molecule has 132 valence electrons. The number of carbonyl (C=O) groups is 1. The van der Waals surface area contributed by atoms with Gasteiger partial charge in [-0.05, 0) is 31.9 Å². The summed E-state index contributed by atoms with van der Waals surface area (Å²) >= 11 is 0. The standard InChI is InChI=1S/C23H24N2O/c1-16-11-13-17(14-12-16)22-15-20(19-9-5-6-10-21(19)24-22)23(26)25(2)18-7-3-4-8-18/h5-6,9-15,18H,3-4,7-8H2,1-2H3. The van der Waals surface area contributed by atoms with E-state index < -0.39 is 0 Å². The average molecular weight is 344 g/mol. The van der Waals surface area contributed by atoms with Crippen LogP contribution < -0.4 is 0 Å². The molecule has 1 fully saturated rings. The number of hydrogen-bond acceptors (Lipinski definition) is 2. The summed E-state index contributed by atoms with van der Waals surface area (Å²) in [5, 5.41) is 0.929. The summed E-state index contributed by atoms with van der Waals surface area (Å²) in [5.41, 5.74) is 4.73. The number of nitrogens with zero attached hydrogens (tertiary/aromatic N) is 2. The molecule has 1 aliphatic carbocycles. The molecule has 0 saturated heterocycles. The van der Waals surface area contributed by atoms with Gasteiger partial charge in [-0.25, -0.2) is 4.98 Å². The van der Waals surface area contributed by atoms with E-state index in [2.05, 4.69) is 31.2 Å². The summed E-state index contributed by atoms with van der Waals surface area (Å²) in [6.45, 7) is 2.07. The van der Waals surface area contributed by atoms with Crippen molar-refractivity contribution in [2.75, 3.05) is 7.05 Å². The maximum absolute atomic E-state index is 13.3. The summed E-state index contributed by atoms with van der Waals surface area (Å²) in [6, 6.07) is 18.6. The second kappa shape index (κ2) is 6.91. The van der Waals surface area contributed by atoms with Gasteiger partial charge in [0.2, 0.25) is 0 Å². The van der Waals surface area contributed by atoms with Gasteiger partial charge in [0.25, 0.3) is 5.91 Å². The number of hydrogen-bond donors (Lipinski definition) is 0. The lowest BCUT2D eigenvalue weighted by molar-refractivity contribution is 0.0737. The zero-order valence-corrected chi connectivity index (χ0v) is 15.4. The van der Waals surface area contributed by atoms with Gasteiger partial charge in [0.1, 0.15) is 0 Å². The first-order valence-electron chi connectivity index (χ1n) is 9.37. The van der Waals surface area contributed by atoms with Gasteiger partial charge < -0.3 is 4.90 Å². The van der Waals surface area contributed by atoms with Crippen molar-refractivity contribution in [1.29, 1.82) is 0 Å². The first-order chi connectivity index (χ1) is 12.6. The third-order valence-corrected chi connectivity index (χ3v) is 5.49. The number of benzene rings is 2. The predicted octanol–water partition coefficient (Wildman–Crippen LogP) is 5.22. The van der Waals surface area contributed by atoms with Crippen LogP contribution in [0.25, 0.3) is 22.2 Å². The minimum Gasteiger partial charge on any atom is -0.339 e. The Balaban J connectivity index is 1.81. The van der Waals surface area contributed by atoms with Crippen LogP contribution >= 0.6 is 0 Å². The van der Waals surface area contributed by atoms with Gasteiger partial charge in [-0.15, -0.1) is 0 Å². The maximum atomic E-state index is 13.3. The lowest BCUT2D eigenvalue weighted by Crippen LogP contribution is -2.35. The van der Waals surface area contributed by atoms with Crippen molar-refractivity contribution in [2.45, 2.75) is 38.6 Å². The van der Waals surface area contributed by atoms with Gasteiger partial charge in [0.05, 0.1) is 16.8 Å². The topological polar surface area (TPSA) is 33.2 Å². The number of aryl methyl sites for hydroxylation is 1. The van der Waals surface area contributed by atoms with Crippen LogP contribution in [0.5, 0.6) is 0 Å². The van der Waals surface area contributed by atoms with E-state index in [1.54, 1.807) is 0 Å². The average Bonchev–Trinajstić information content (AvgIpc) is 3.21. The Labute approximate surface area is 154 Å². The quantitative estimate of drug-likeness (QED) is 0.652. The molecule has 2 aromatic carbocycles. The van der Waals surface area contributed by atoms with Crippen molar-refractivity contribution in [2.24, 2.45) is 0 Å². The molecule has 0 aliphatic heterocycles. The van der Waals surface area contributed by atoms with Crippen molar-refractivity contribution in [1.82, 2.24) is 9.88 Å². The number of carbonyl (C=O) groups excluding carboxylic acids is 1. The number of rotatable bonds is 3. The molecule has 0 radical (unpaired) electrons. The Morgan fingerprint density at radius 3 is 2.46 bits per heavy atom. The maximum Gasteiger partial charge on any atom is 0.254 e. The van der Waals surface area contributed by atoms with Gasteiger partial charge in [0, 0.05) is 24.0 Å². The SMILES string of the molecule is Cc1ccc(-c2cc(C(=O)N(C)C3CCCC3)c3ccccc3n2)cc1. The van der Waals surface area contributed by atoms with Crippen molar-refractivity contribution in [3.05, 3.63) is 65.7 Å². The molecule has 26 heavy (non-hydrogen) atoms. The molecule has 1 saturated carbocycles. The highest BCUT2D eigenvalue weighted by atomic mass is 16.2. The lowest BCUT2D eigenvalue weighted by Gasteiger charge is -2.25. The van der Waals surface area contributed by atoms with Crippen LogP contribution in [-0.2, 0) is 0 Å². The van der Waals surface area contributed by atoms with Gasteiger partial charge in [-0.2, -0.15) is 0 Å². The third-order valence-electron chi connectivity index (χ3n) is 5.49. The first kappa shape index (κ1) is 16.8. The third kappa shape index (κ3) is 3.10. The fourth-order valence-electron chi connectivity index (χ4n) is 3.87. The molecule has 0 spiro atoms. The highest BCUT2D eigenvalue weighted by Gasteiger charge is 2.25. The molecule has 3 aromatic rings. The minimum atomic E-state index is 0.101. The second-order valence-corrected chi connectivity index (χ2v) is 7.29. The Hall–Kier alpha value is -2.68. The monoisotopic (exact) mass is 344 g/mol. The summed E-state index contributed by atoms with van der Waals surface area (Å²) in [6.07, 6.45) is 4.65. The number of fused-ring (bicyclic) bond motifs is 1. The molecule has 1 amide bonds. The molecule has 3 heteroatoms. The predicted molar refractivity (Wildman–Crippen MR) is 106 cm³/mol. The molecule has 0 N–H and O–H groups in total. The molecule has 3 nitrogen and oxygen atoms in total. The molecule has 0 bridgehead atoms. The van der Waals surface area contributed by atoms with Crippen LogP contribution in [0.15, 0.2) is 54.6 Å². The molecule has 1 aliphatic rings. The summed E-state index contributed by atoms with van der Waals surface area (Å²) in [7, 11) is 1.94. The Morgan fingerprint density at radius 1 is 1.04 bits per heavy atom. The number of amides is 1. The Bertz CT molecular complexity index is 940. The number of pyridine rings is 1. The van der Waals surface area contributed by atoms with Crippen LogP contribution in [-0.4, -0.2) is 28.9 Å². The van der Waals surface area contributed by atoms with Crippen molar-refractivity contribution >= 4 is 16.8 Å². The van der Waals surface area contributed by atoms with E-state index in [1.165, 1.54) is 18.4 Å². The second-order valence-electron chi connectivity index (χ2n) is 7.29.